The summed E-state index contributed by atoms with van der Waals surface area (Å²) in [5.74, 6) is 0. The summed E-state index contributed by atoms with van der Waals surface area (Å²) in [5.41, 5.74) is 1.60. The first-order valence-electron chi connectivity index (χ1n) is 7.03. The third-order valence-electron chi connectivity index (χ3n) is 4.06. The number of hydrogen-bond donors (Lipinski definition) is 2. The molecular weight excluding hydrogens is 268 g/mol. The standard InChI is InChI=1S/C15H20N4S/c1-15(2)9-3-4-13(15)18-11-5-7-12(8-6-11)20-14-16-10-17-19-14/h5-8,10,13,18H,3-4,9H2,1-2H3,(H,16,17,19). The molecule has 2 aromatic rings. The molecule has 4 nitrogen and oxygen atoms in total. The van der Waals surface area contributed by atoms with Crippen LogP contribution < -0.4 is 5.32 Å². The molecule has 3 rings (SSSR count). The lowest BCUT2D eigenvalue weighted by Gasteiger charge is -2.28. The molecule has 0 aliphatic heterocycles. The van der Waals surface area contributed by atoms with Crippen LogP contribution in [0.15, 0.2) is 40.6 Å². The van der Waals surface area contributed by atoms with E-state index in [-0.39, 0.29) is 0 Å². The normalized spacial score (nSPS) is 21.0. The number of H-pyrrole nitrogens is 1. The fraction of sp³-hybridized carbons (Fsp3) is 0.467. The molecule has 1 unspecified atom stereocenters. The second kappa shape index (κ2) is 5.48. The first kappa shape index (κ1) is 13.5. The molecule has 1 aliphatic carbocycles. The minimum absolute atomic E-state index is 0.396. The van der Waals surface area contributed by atoms with Gasteiger partial charge in [0.15, 0.2) is 5.16 Å². The van der Waals surface area contributed by atoms with E-state index >= 15 is 0 Å². The molecule has 0 radical (unpaired) electrons. The molecule has 1 atom stereocenters. The van der Waals surface area contributed by atoms with Crippen molar-refractivity contribution < 1.29 is 0 Å². The molecule has 5 heteroatoms. The van der Waals surface area contributed by atoms with Crippen molar-refractivity contribution in [3.05, 3.63) is 30.6 Å². The zero-order chi connectivity index (χ0) is 14.0. The van der Waals surface area contributed by atoms with Crippen LogP contribution >= 0.6 is 11.8 Å². The van der Waals surface area contributed by atoms with Crippen molar-refractivity contribution in [2.45, 2.75) is 49.2 Å². The zero-order valence-corrected chi connectivity index (χ0v) is 12.7. The lowest BCUT2D eigenvalue weighted by molar-refractivity contribution is 0.350. The molecular formula is C15H20N4S. The van der Waals surface area contributed by atoms with Crippen molar-refractivity contribution in [2.75, 3.05) is 5.32 Å². The monoisotopic (exact) mass is 288 g/mol. The average Bonchev–Trinajstić information content (AvgIpc) is 3.03. The topological polar surface area (TPSA) is 53.6 Å². The van der Waals surface area contributed by atoms with Crippen molar-refractivity contribution in [1.82, 2.24) is 15.2 Å². The smallest absolute Gasteiger partial charge is 0.188 e. The number of aromatic amines is 1. The van der Waals surface area contributed by atoms with Crippen LogP contribution in [-0.2, 0) is 0 Å². The summed E-state index contributed by atoms with van der Waals surface area (Å²) >= 11 is 1.59. The summed E-state index contributed by atoms with van der Waals surface area (Å²) in [6.07, 6.45) is 5.43. The number of nitrogens with one attached hydrogen (secondary N) is 2. The van der Waals surface area contributed by atoms with Crippen LogP contribution in [-0.4, -0.2) is 21.2 Å². The maximum atomic E-state index is 4.12. The van der Waals surface area contributed by atoms with Gasteiger partial charge in [0.1, 0.15) is 6.33 Å². The fourth-order valence-electron chi connectivity index (χ4n) is 2.77. The second-order valence-corrected chi connectivity index (χ2v) is 7.06. The molecule has 1 saturated carbocycles. The third-order valence-corrected chi connectivity index (χ3v) is 4.96. The second-order valence-electron chi connectivity index (χ2n) is 5.99. The van der Waals surface area contributed by atoms with Crippen LogP contribution in [0.3, 0.4) is 0 Å². The molecule has 1 aromatic heterocycles. The minimum Gasteiger partial charge on any atom is -0.382 e. The summed E-state index contributed by atoms with van der Waals surface area (Å²) in [6.45, 7) is 4.71. The Kier molecular flexibility index (Phi) is 3.70. The van der Waals surface area contributed by atoms with Gasteiger partial charge in [-0.3, -0.25) is 5.10 Å². The van der Waals surface area contributed by atoms with Gasteiger partial charge in [0.05, 0.1) is 0 Å². The van der Waals surface area contributed by atoms with E-state index in [1.54, 1.807) is 11.8 Å². The van der Waals surface area contributed by atoms with E-state index in [2.05, 4.69) is 58.6 Å². The largest absolute Gasteiger partial charge is 0.382 e. The minimum atomic E-state index is 0.396. The quantitative estimate of drug-likeness (QED) is 0.894. The van der Waals surface area contributed by atoms with Gasteiger partial charge < -0.3 is 5.32 Å². The van der Waals surface area contributed by atoms with Crippen LogP contribution in [0.2, 0.25) is 0 Å². The van der Waals surface area contributed by atoms with E-state index < -0.39 is 0 Å². The van der Waals surface area contributed by atoms with Gasteiger partial charge in [-0.15, -0.1) is 0 Å². The van der Waals surface area contributed by atoms with Crippen LogP contribution in [0.5, 0.6) is 0 Å². The van der Waals surface area contributed by atoms with Crippen molar-refractivity contribution in [3.63, 3.8) is 0 Å². The number of aromatic nitrogens is 3. The van der Waals surface area contributed by atoms with Crippen LogP contribution in [0, 0.1) is 5.41 Å². The van der Waals surface area contributed by atoms with Gasteiger partial charge in [-0.05, 0) is 42.5 Å². The summed E-state index contributed by atoms with van der Waals surface area (Å²) in [7, 11) is 0. The number of nitrogens with zero attached hydrogens (tertiary/aromatic N) is 2. The van der Waals surface area contributed by atoms with E-state index in [1.807, 2.05) is 0 Å². The Morgan fingerprint density at radius 1 is 1.30 bits per heavy atom. The van der Waals surface area contributed by atoms with Gasteiger partial charge in [0.25, 0.3) is 0 Å². The highest BCUT2D eigenvalue weighted by Gasteiger charge is 2.34. The fourth-order valence-corrected chi connectivity index (χ4v) is 3.46. The van der Waals surface area contributed by atoms with Crippen LogP contribution in [0.1, 0.15) is 33.1 Å². The van der Waals surface area contributed by atoms with Gasteiger partial charge in [-0.2, -0.15) is 5.10 Å². The molecule has 106 valence electrons. The molecule has 1 aliphatic rings. The Morgan fingerprint density at radius 2 is 2.10 bits per heavy atom. The van der Waals surface area contributed by atoms with Crippen molar-refractivity contribution in [3.8, 4) is 0 Å². The number of anilines is 1. The Labute approximate surface area is 123 Å². The lowest BCUT2D eigenvalue weighted by atomic mass is 9.87. The molecule has 0 spiro atoms. The molecule has 1 heterocycles. The molecule has 0 bridgehead atoms. The number of rotatable bonds is 4. The van der Waals surface area contributed by atoms with E-state index in [1.165, 1.54) is 31.3 Å². The molecule has 2 N–H and O–H groups in total. The predicted octanol–water partition coefficient (Wildman–Crippen LogP) is 3.95. The maximum Gasteiger partial charge on any atom is 0.188 e. The Balaban J connectivity index is 1.64. The molecule has 1 fully saturated rings. The summed E-state index contributed by atoms with van der Waals surface area (Å²) < 4.78 is 0. The Morgan fingerprint density at radius 3 is 2.70 bits per heavy atom. The number of benzene rings is 1. The van der Waals surface area contributed by atoms with E-state index in [0.717, 1.165) is 10.1 Å². The zero-order valence-electron chi connectivity index (χ0n) is 11.9. The third kappa shape index (κ3) is 2.98. The summed E-state index contributed by atoms with van der Waals surface area (Å²) in [4.78, 5) is 5.28. The van der Waals surface area contributed by atoms with E-state index in [0.29, 0.717) is 11.5 Å². The average molecular weight is 288 g/mol. The molecule has 0 saturated heterocycles. The van der Waals surface area contributed by atoms with Gasteiger partial charge >= 0.3 is 0 Å². The van der Waals surface area contributed by atoms with E-state index in [9.17, 15) is 0 Å². The summed E-state index contributed by atoms with van der Waals surface area (Å²) in [6, 6.07) is 9.12. The molecule has 1 aromatic carbocycles. The highest BCUT2D eigenvalue weighted by atomic mass is 32.2. The number of hydrogen-bond acceptors (Lipinski definition) is 4. The first-order chi connectivity index (χ1) is 9.63. The van der Waals surface area contributed by atoms with Crippen molar-refractivity contribution in [2.24, 2.45) is 5.41 Å². The van der Waals surface area contributed by atoms with E-state index in [4.69, 9.17) is 0 Å². The highest BCUT2D eigenvalue weighted by molar-refractivity contribution is 7.99. The van der Waals surface area contributed by atoms with Gasteiger partial charge in [-0.25, -0.2) is 4.98 Å². The maximum absolute atomic E-state index is 4.12. The van der Waals surface area contributed by atoms with Crippen molar-refractivity contribution >= 4 is 17.4 Å². The van der Waals surface area contributed by atoms with Gasteiger partial charge in [-0.1, -0.05) is 32.0 Å². The Bertz CT molecular complexity index is 548. The first-order valence-corrected chi connectivity index (χ1v) is 7.85. The van der Waals surface area contributed by atoms with Gasteiger partial charge in [0.2, 0.25) is 0 Å². The Hall–Kier alpha value is -1.49. The van der Waals surface area contributed by atoms with Gasteiger partial charge in [0, 0.05) is 16.6 Å². The SMILES string of the molecule is CC1(C)CCCC1Nc1ccc(Sc2ncn[nH]2)cc1. The molecule has 20 heavy (non-hydrogen) atoms. The van der Waals surface area contributed by atoms with Crippen molar-refractivity contribution in [1.29, 1.82) is 0 Å². The van der Waals surface area contributed by atoms with Crippen LogP contribution in [0.25, 0.3) is 0 Å². The molecule has 0 amide bonds. The summed E-state index contributed by atoms with van der Waals surface area (Å²) in [5, 5.41) is 11.2. The van der Waals surface area contributed by atoms with Crippen LogP contribution in [0.4, 0.5) is 5.69 Å². The lowest BCUT2D eigenvalue weighted by Crippen LogP contribution is -2.30. The highest BCUT2D eigenvalue weighted by Crippen LogP contribution is 2.39. The predicted molar refractivity (Wildman–Crippen MR) is 82.0 cm³/mol.